The van der Waals surface area contributed by atoms with Crippen molar-refractivity contribution in [2.75, 3.05) is 25.1 Å². The lowest BCUT2D eigenvalue weighted by Gasteiger charge is -2.42. The van der Waals surface area contributed by atoms with Crippen LogP contribution in [0.25, 0.3) is 0 Å². The summed E-state index contributed by atoms with van der Waals surface area (Å²) < 4.78 is 18.8. The number of para-hydroxylation sites is 1. The lowest BCUT2D eigenvalue weighted by molar-refractivity contribution is -0.132. The minimum Gasteiger partial charge on any atom is -0.496 e. The van der Waals surface area contributed by atoms with Gasteiger partial charge in [-0.05, 0) is 62.9 Å². The molecule has 4 rings (SSSR count). The van der Waals surface area contributed by atoms with E-state index < -0.39 is 0 Å². The van der Waals surface area contributed by atoms with Crippen LogP contribution in [0.1, 0.15) is 32.3 Å². The molecule has 5 heteroatoms. The number of rotatable bonds is 4. The summed E-state index contributed by atoms with van der Waals surface area (Å²) in [6.45, 7) is 6.02. The van der Waals surface area contributed by atoms with E-state index in [9.17, 15) is 9.18 Å². The standard InChI is InChI=1S/C24H29FN2O2/c1-24(2)15-18-16-26(23(28)14-17-6-4-5-7-22(17)29-3)13-12-21(18)27(24)20-10-8-19(25)9-11-20/h4-11,18,21H,12-16H2,1-3H3/t18-,21+/m1/s1. The maximum atomic E-state index is 13.4. The number of likely N-dealkylation sites (tertiary alicyclic amines) is 1. The quantitative estimate of drug-likeness (QED) is 0.773. The zero-order valence-corrected chi connectivity index (χ0v) is 17.4. The predicted molar refractivity (Wildman–Crippen MR) is 113 cm³/mol. The molecule has 0 spiro atoms. The van der Waals surface area contributed by atoms with Gasteiger partial charge in [0.15, 0.2) is 0 Å². The molecule has 2 aliphatic heterocycles. The zero-order valence-electron chi connectivity index (χ0n) is 17.4. The van der Waals surface area contributed by atoms with E-state index in [1.54, 1.807) is 7.11 Å². The van der Waals surface area contributed by atoms with Crippen LogP contribution in [-0.4, -0.2) is 42.6 Å². The summed E-state index contributed by atoms with van der Waals surface area (Å²) in [6.07, 6.45) is 2.32. The van der Waals surface area contributed by atoms with Crippen molar-refractivity contribution >= 4 is 11.6 Å². The van der Waals surface area contributed by atoms with E-state index in [0.29, 0.717) is 18.4 Å². The maximum Gasteiger partial charge on any atom is 0.227 e. The molecule has 2 aromatic carbocycles. The lowest BCUT2D eigenvalue weighted by Crippen LogP contribution is -2.50. The van der Waals surface area contributed by atoms with Crippen molar-refractivity contribution in [1.82, 2.24) is 4.90 Å². The Labute approximate surface area is 172 Å². The largest absolute Gasteiger partial charge is 0.496 e. The van der Waals surface area contributed by atoms with Crippen LogP contribution in [0.15, 0.2) is 48.5 Å². The number of hydrogen-bond donors (Lipinski definition) is 0. The van der Waals surface area contributed by atoms with Crippen LogP contribution in [0, 0.1) is 11.7 Å². The molecule has 2 aliphatic rings. The summed E-state index contributed by atoms with van der Waals surface area (Å²) >= 11 is 0. The molecule has 2 aromatic rings. The van der Waals surface area contributed by atoms with Gasteiger partial charge in [-0.25, -0.2) is 4.39 Å². The van der Waals surface area contributed by atoms with Crippen molar-refractivity contribution in [2.45, 2.75) is 44.7 Å². The number of carbonyl (C=O) groups is 1. The highest BCUT2D eigenvalue weighted by atomic mass is 19.1. The van der Waals surface area contributed by atoms with Gasteiger partial charge in [-0.15, -0.1) is 0 Å². The summed E-state index contributed by atoms with van der Waals surface area (Å²) in [5.41, 5.74) is 1.98. The first-order valence-corrected chi connectivity index (χ1v) is 10.3. The molecule has 4 nitrogen and oxygen atoms in total. The molecule has 0 aliphatic carbocycles. The van der Waals surface area contributed by atoms with E-state index in [1.807, 2.05) is 41.3 Å². The fourth-order valence-electron chi connectivity index (χ4n) is 5.24. The molecule has 0 unspecified atom stereocenters. The normalized spacial score (nSPS) is 23.0. The topological polar surface area (TPSA) is 32.8 Å². The second kappa shape index (κ2) is 7.69. The number of amides is 1. The van der Waals surface area contributed by atoms with Gasteiger partial charge in [0.1, 0.15) is 11.6 Å². The van der Waals surface area contributed by atoms with Crippen molar-refractivity contribution in [2.24, 2.45) is 5.92 Å². The highest BCUT2D eigenvalue weighted by molar-refractivity contribution is 5.79. The Morgan fingerprint density at radius 3 is 2.62 bits per heavy atom. The van der Waals surface area contributed by atoms with Crippen LogP contribution in [0.3, 0.4) is 0 Å². The van der Waals surface area contributed by atoms with Crippen LogP contribution in [0.4, 0.5) is 10.1 Å². The molecule has 154 valence electrons. The Balaban J connectivity index is 1.48. The van der Waals surface area contributed by atoms with Crippen molar-refractivity contribution in [3.8, 4) is 5.75 Å². The molecule has 29 heavy (non-hydrogen) atoms. The molecule has 0 radical (unpaired) electrons. The van der Waals surface area contributed by atoms with Gasteiger partial charge in [-0.2, -0.15) is 0 Å². The Bertz CT molecular complexity index is 881. The number of methoxy groups -OCH3 is 1. The van der Waals surface area contributed by atoms with Gasteiger partial charge in [0, 0.05) is 35.9 Å². The first-order valence-electron chi connectivity index (χ1n) is 10.3. The molecule has 0 bridgehead atoms. The van der Waals surface area contributed by atoms with Gasteiger partial charge in [-0.1, -0.05) is 18.2 Å². The summed E-state index contributed by atoms with van der Waals surface area (Å²) in [7, 11) is 1.64. The third kappa shape index (κ3) is 3.83. The summed E-state index contributed by atoms with van der Waals surface area (Å²) in [5, 5.41) is 0. The molecular formula is C24H29FN2O2. The number of hydrogen-bond acceptors (Lipinski definition) is 3. The van der Waals surface area contributed by atoms with Crippen LogP contribution in [0.2, 0.25) is 0 Å². The van der Waals surface area contributed by atoms with Gasteiger partial charge in [-0.3, -0.25) is 4.79 Å². The zero-order chi connectivity index (χ0) is 20.6. The number of benzene rings is 2. The average Bonchev–Trinajstić information content (AvgIpc) is 2.98. The molecule has 2 fully saturated rings. The summed E-state index contributed by atoms with van der Waals surface area (Å²) in [6, 6.07) is 14.9. The summed E-state index contributed by atoms with van der Waals surface area (Å²) in [4.78, 5) is 17.4. The predicted octanol–water partition coefficient (Wildman–Crippen LogP) is 4.28. The van der Waals surface area contributed by atoms with E-state index in [-0.39, 0.29) is 17.3 Å². The van der Waals surface area contributed by atoms with Gasteiger partial charge in [0.25, 0.3) is 0 Å². The third-order valence-corrected chi connectivity index (χ3v) is 6.43. The number of nitrogens with zero attached hydrogens (tertiary/aromatic N) is 2. The first-order chi connectivity index (χ1) is 13.9. The third-order valence-electron chi connectivity index (χ3n) is 6.43. The smallest absolute Gasteiger partial charge is 0.227 e. The number of carbonyl (C=O) groups excluding carboxylic acids is 1. The molecule has 0 saturated carbocycles. The van der Waals surface area contributed by atoms with Gasteiger partial charge in [0.2, 0.25) is 5.91 Å². The Hall–Kier alpha value is -2.56. The van der Waals surface area contributed by atoms with E-state index in [0.717, 1.165) is 42.9 Å². The van der Waals surface area contributed by atoms with Crippen molar-refractivity contribution < 1.29 is 13.9 Å². The van der Waals surface area contributed by atoms with E-state index in [2.05, 4.69) is 18.7 Å². The number of halogens is 1. The molecule has 2 saturated heterocycles. The second-order valence-electron chi connectivity index (χ2n) is 8.81. The van der Waals surface area contributed by atoms with Gasteiger partial charge in [0.05, 0.1) is 13.5 Å². The van der Waals surface area contributed by atoms with E-state index in [4.69, 9.17) is 4.74 Å². The Morgan fingerprint density at radius 1 is 1.17 bits per heavy atom. The van der Waals surface area contributed by atoms with Crippen LogP contribution in [0.5, 0.6) is 5.75 Å². The van der Waals surface area contributed by atoms with Crippen LogP contribution in [-0.2, 0) is 11.2 Å². The molecule has 0 aromatic heterocycles. The fraction of sp³-hybridized carbons (Fsp3) is 0.458. The minimum absolute atomic E-state index is 0.0190. The van der Waals surface area contributed by atoms with E-state index >= 15 is 0 Å². The Morgan fingerprint density at radius 2 is 1.90 bits per heavy atom. The van der Waals surface area contributed by atoms with E-state index in [1.165, 1.54) is 12.1 Å². The first kappa shape index (κ1) is 19.7. The number of fused-ring (bicyclic) bond motifs is 1. The van der Waals surface area contributed by atoms with Crippen molar-refractivity contribution in [3.63, 3.8) is 0 Å². The monoisotopic (exact) mass is 396 g/mol. The van der Waals surface area contributed by atoms with Gasteiger partial charge >= 0.3 is 0 Å². The highest BCUT2D eigenvalue weighted by Crippen LogP contribution is 2.44. The van der Waals surface area contributed by atoms with Crippen LogP contribution >= 0.6 is 0 Å². The SMILES string of the molecule is COc1ccccc1CC(=O)N1CC[C@H]2[C@@H](C1)CC(C)(C)N2c1ccc(F)cc1. The fourth-order valence-corrected chi connectivity index (χ4v) is 5.24. The molecule has 1 amide bonds. The highest BCUT2D eigenvalue weighted by Gasteiger charge is 2.48. The molecule has 2 heterocycles. The van der Waals surface area contributed by atoms with Crippen molar-refractivity contribution in [3.05, 3.63) is 59.9 Å². The van der Waals surface area contributed by atoms with Crippen molar-refractivity contribution in [1.29, 1.82) is 0 Å². The van der Waals surface area contributed by atoms with Crippen LogP contribution < -0.4 is 9.64 Å². The Kier molecular flexibility index (Phi) is 5.24. The minimum atomic E-state index is -0.209. The molecule has 2 atom stereocenters. The molecular weight excluding hydrogens is 367 g/mol. The second-order valence-corrected chi connectivity index (χ2v) is 8.81. The number of anilines is 1. The van der Waals surface area contributed by atoms with Gasteiger partial charge < -0.3 is 14.5 Å². The number of piperidine rings is 1. The average molecular weight is 397 g/mol. The summed E-state index contributed by atoms with van der Waals surface area (Å²) in [5.74, 6) is 1.13. The number of ether oxygens (including phenoxy) is 1. The maximum absolute atomic E-state index is 13.4. The molecule has 0 N–H and O–H groups in total. The lowest BCUT2D eigenvalue weighted by atomic mass is 9.89.